The molecule has 1 aromatic carbocycles. The predicted molar refractivity (Wildman–Crippen MR) is 94.1 cm³/mol. The number of hydrogen-bond donors (Lipinski definition) is 1. The lowest BCUT2D eigenvalue weighted by atomic mass is 10.2. The normalized spacial score (nSPS) is 15.3. The van der Waals surface area contributed by atoms with Gasteiger partial charge in [-0.2, -0.15) is 0 Å². The SMILES string of the molecule is CCCN(CCO)CC(=O)N1CCN(c2cccc(Cl)c2)CC1. The number of aliphatic hydroxyl groups is 1. The van der Waals surface area contributed by atoms with Crippen molar-refractivity contribution in [2.45, 2.75) is 13.3 Å². The van der Waals surface area contributed by atoms with Crippen LogP contribution in [0.4, 0.5) is 5.69 Å². The lowest BCUT2D eigenvalue weighted by Gasteiger charge is -2.37. The molecule has 1 N–H and O–H groups in total. The monoisotopic (exact) mass is 339 g/mol. The summed E-state index contributed by atoms with van der Waals surface area (Å²) < 4.78 is 0. The van der Waals surface area contributed by atoms with E-state index < -0.39 is 0 Å². The first-order valence-corrected chi connectivity index (χ1v) is 8.63. The van der Waals surface area contributed by atoms with Crippen molar-refractivity contribution in [2.24, 2.45) is 0 Å². The Balaban J connectivity index is 1.84. The lowest BCUT2D eigenvalue weighted by molar-refractivity contribution is -0.132. The van der Waals surface area contributed by atoms with Gasteiger partial charge in [-0.15, -0.1) is 0 Å². The van der Waals surface area contributed by atoms with Gasteiger partial charge in [-0.25, -0.2) is 0 Å². The molecule has 5 nitrogen and oxygen atoms in total. The van der Waals surface area contributed by atoms with Crippen molar-refractivity contribution in [2.75, 3.05) is 57.3 Å². The van der Waals surface area contributed by atoms with Gasteiger partial charge >= 0.3 is 0 Å². The topological polar surface area (TPSA) is 47.0 Å². The van der Waals surface area contributed by atoms with Crippen LogP contribution in [0.25, 0.3) is 0 Å². The summed E-state index contributed by atoms with van der Waals surface area (Å²) in [5, 5.41) is 9.82. The zero-order valence-corrected chi connectivity index (χ0v) is 14.5. The largest absolute Gasteiger partial charge is 0.395 e. The van der Waals surface area contributed by atoms with Gasteiger partial charge in [0.25, 0.3) is 0 Å². The Kier molecular flexibility index (Phi) is 7.15. The molecule has 1 saturated heterocycles. The number of carbonyl (C=O) groups excluding carboxylic acids is 1. The van der Waals surface area contributed by atoms with Gasteiger partial charge < -0.3 is 14.9 Å². The average molecular weight is 340 g/mol. The van der Waals surface area contributed by atoms with Crippen molar-refractivity contribution < 1.29 is 9.90 Å². The third kappa shape index (κ3) is 5.37. The van der Waals surface area contributed by atoms with Crippen LogP contribution in [0.3, 0.4) is 0 Å². The molecule has 0 spiro atoms. The van der Waals surface area contributed by atoms with Gasteiger partial charge in [-0.1, -0.05) is 24.6 Å². The number of hydrogen-bond acceptors (Lipinski definition) is 4. The van der Waals surface area contributed by atoms with E-state index in [2.05, 4.69) is 11.8 Å². The molecule has 0 aromatic heterocycles. The summed E-state index contributed by atoms with van der Waals surface area (Å²) in [7, 11) is 0. The fourth-order valence-electron chi connectivity index (χ4n) is 2.91. The Bertz CT molecular complexity index is 498. The number of carbonyl (C=O) groups is 1. The first kappa shape index (κ1) is 18.0. The third-order valence-corrected chi connectivity index (χ3v) is 4.36. The first-order valence-electron chi connectivity index (χ1n) is 8.25. The van der Waals surface area contributed by atoms with E-state index in [4.69, 9.17) is 16.7 Å². The molecule has 1 aliphatic rings. The summed E-state index contributed by atoms with van der Waals surface area (Å²) in [4.78, 5) is 18.6. The number of nitrogens with zero attached hydrogens (tertiary/aromatic N) is 3. The van der Waals surface area contributed by atoms with Crippen LogP contribution < -0.4 is 4.90 Å². The van der Waals surface area contributed by atoms with Crippen LogP contribution in [0, 0.1) is 0 Å². The molecule has 0 radical (unpaired) electrons. The highest BCUT2D eigenvalue weighted by molar-refractivity contribution is 6.30. The highest BCUT2D eigenvalue weighted by Gasteiger charge is 2.22. The molecule has 2 rings (SSSR count). The van der Waals surface area contributed by atoms with Gasteiger partial charge in [0.15, 0.2) is 0 Å². The fraction of sp³-hybridized carbons (Fsp3) is 0.588. The predicted octanol–water partition coefficient (Wildman–Crippen LogP) is 1.69. The Labute approximate surface area is 143 Å². The van der Waals surface area contributed by atoms with Crippen LogP contribution in [0.1, 0.15) is 13.3 Å². The molecule has 0 atom stereocenters. The Hall–Kier alpha value is -1.30. The molecule has 1 amide bonds. The van der Waals surface area contributed by atoms with Crippen molar-refractivity contribution in [3.8, 4) is 0 Å². The average Bonchev–Trinajstić information content (AvgIpc) is 2.55. The molecule has 0 unspecified atom stereocenters. The molecule has 0 saturated carbocycles. The van der Waals surface area contributed by atoms with Crippen LogP contribution in [0.2, 0.25) is 5.02 Å². The summed E-state index contributed by atoms with van der Waals surface area (Å²) in [6.07, 6.45) is 0.982. The van der Waals surface area contributed by atoms with Gasteiger partial charge in [-0.05, 0) is 31.2 Å². The minimum atomic E-state index is 0.0931. The Morgan fingerprint density at radius 1 is 1.26 bits per heavy atom. The maximum Gasteiger partial charge on any atom is 0.236 e. The minimum Gasteiger partial charge on any atom is -0.395 e. The summed E-state index contributed by atoms with van der Waals surface area (Å²) in [5.41, 5.74) is 1.11. The van der Waals surface area contributed by atoms with Crippen molar-refractivity contribution >= 4 is 23.2 Å². The lowest BCUT2D eigenvalue weighted by Crippen LogP contribution is -2.51. The second-order valence-electron chi connectivity index (χ2n) is 5.85. The Morgan fingerprint density at radius 2 is 2.00 bits per heavy atom. The standard InChI is InChI=1S/C17H26ClN3O2/c1-2-6-19(11-12-22)14-17(23)21-9-7-20(8-10-21)16-5-3-4-15(18)13-16/h3-5,13,22H,2,6-12,14H2,1H3. The van der Waals surface area contributed by atoms with E-state index in [1.165, 1.54) is 0 Å². The quantitative estimate of drug-likeness (QED) is 0.821. The van der Waals surface area contributed by atoms with Crippen LogP contribution in [0.15, 0.2) is 24.3 Å². The van der Waals surface area contributed by atoms with E-state index in [-0.39, 0.29) is 12.5 Å². The van der Waals surface area contributed by atoms with E-state index in [0.717, 1.165) is 49.9 Å². The highest BCUT2D eigenvalue weighted by atomic mass is 35.5. The number of anilines is 1. The number of halogens is 1. The Morgan fingerprint density at radius 3 is 2.61 bits per heavy atom. The number of aliphatic hydroxyl groups excluding tert-OH is 1. The molecular weight excluding hydrogens is 314 g/mol. The first-order chi connectivity index (χ1) is 11.1. The van der Waals surface area contributed by atoms with E-state index in [1.807, 2.05) is 34.1 Å². The van der Waals surface area contributed by atoms with E-state index >= 15 is 0 Å². The second kappa shape index (κ2) is 9.11. The van der Waals surface area contributed by atoms with Gasteiger partial charge in [0, 0.05) is 43.4 Å². The molecule has 0 aliphatic carbocycles. The molecule has 23 heavy (non-hydrogen) atoms. The molecular formula is C17H26ClN3O2. The van der Waals surface area contributed by atoms with Crippen LogP contribution in [-0.4, -0.2) is 73.2 Å². The van der Waals surface area contributed by atoms with Crippen LogP contribution >= 0.6 is 11.6 Å². The molecule has 1 aromatic rings. The summed E-state index contributed by atoms with van der Waals surface area (Å²) in [5.74, 6) is 0.151. The number of rotatable bonds is 7. The number of amides is 1. The molecule has 0 bridgehead atoms. The van der Waals surface area contributed by atoms with E-state index in [0.29, 0.717) is 13.1 Å². The third-order valence-electron chi connectivity index (χ3n) is 4.12. The van der Waals surface area contributed by atoms with Gasteiger partial charge in [-0.3, -0.25) is 9.69 Å². The van der Waals surface area contributed by atoms with Crippen molar-refractivity contribution in [1.29, 1.82) is 0 Å². The number of benzene rings is 1. The molecule has 1 fully saturated rings. The second-order valence-corrected chi connectivity index (χ2v) is 6.28. The van der Waals surface area contributed by atoms with E-state index in [1.54, 1.807) is 0 Å². The smallest absolute Gasteiger partial charge is 0.236 e. The zero-order valence-electron chi connectivity index (χ0n) is 13.7. The fourth-order valence-corrected chi connectivity index (χ4v) is 3.09. The van der Waals surface area contributed by atoms with Gasteiger partial charge in [0.2, 0.25) is 5.91 Å². The molecule has 1 heterocycles. The van der Waals surface area contributed by atoms with Crippen molar-refractivity contribution in [3.05, 3.63) is 29.3 Å². The van der Waals surface area contributed by atoms with Crippen LogP contribution in [-0.2, 0) is 4.79 Å². The minimum absolute atomic E-state index is 0.0931. The highest BCUT2D eigenvalue weighted by Crippen LogP contribution is 2.20. The molecule has 1 aliphatic heterocycles. The molecule has 6 heteroatoms. The molecule has 128 valence electrons. The summed E-state index contributed by atoms with van der Waals surface area (Å²) >= 11 is 6.04. The van der Waals surface area contributed by atoms with Gasteiger partial charge in [0.1, 0.15) is 0 Å². The van der Waals surface area contributed by atoms with Crippen molar-refractivity contribution in [3.63, 3.8) is 0 Å². The summed E-state index contributed by atoms with van der Waals surface area (Å²) in [6.45, 7) is 7.06. The van der Waals surface area contributed by atoms with Gasteiger partial charge in [0.05, 0.1) is 13.2 Å². The van der Waals surface area contributed by atoms with Crippen LogP contribution in [0.5, 0.6) is 0 Å². The zero-order chi connectivity index (χ0) is 16.7. The maximum atomic E-state index is 12.4. The summed E-state index contributed by atoms with van der Waals surface area (Å²) in [6, 6.07) is 7.83. The maximum absolute atomic E-state index is 12.4. The van der Waals surface area contributed by atoms with E-state index in [9.17, 15) is 4.79 Å². The van der Waals surface area contributed by atoms with Crippen molar-refractivity contribution in [1.82, 2.24) is 9.80 Å². The number of piperazine rings is 1.